The summed E-state index contributed by atoms with van der Waals surface area (Å²) in [5.41, 5.74) is 16.7. The summed E-state index contributed by atoms with van der Waals surface area (Å²) < 4.78 is 0. The third-order valence-electron chi connectivity index (χ3n) is 4.90. The van der Waals surface area contributed by atoms with Gasteiger partial charge in [0, 0.05) is 12.8 Å². The number of carbonyl (C=O) groups excluding carboxylic acids is 5. The number of benzene rings is 1. The first-order valence-corrected chi connectivity index (χ1v) is 10.9. The molecule has 0 spiro atoms. The second-order valence-electron chi connectivity index (χ2n) is 7.64. The predicted octanol–water partition coefficient (Wildman–Crippen LogP) is -1.42. The van der Waals surface area contributed by atoms with Gasteiger partial charge in [-0.1, -0.05) is 37.3 Å². The van der Waals surface area contributed by atoms with Gasteiger partial charge in [0.1, 0.15) is 18.1 Å². The zero-order chi connectivity index (χ0) is 24.8. The Labute approximate surface area is 193 Å². The third kappa shape index (κ3) is 10.6. The van der Waals surface area contributed by atoms with E-state index in [1.54, 1.807) is 6.92 Å². The Hall–Kier alpha value is -3.47. The summed E-state index contributed by atoms with van der Waals surface area (Å²) in [6.07, 6.45) is 1.31. The van der Waals surface area contributed by atoms with E-state index in [0.717, 1.165) is 5.56 Å². The maximum Gasteiger partial charge on any atom is 0.243 e. The van der Waals surface area contributed by atoms with Crippen LogP contribution in [0.3, 0.4) is 0 Å². The van der Waals surface area contributed by atoms with Crippen LogP contribution in [0.15, 0.2) is 30.3 Å². The first-order valence-electron chi connectivity index (χ1n) is 10.9. The van der Waals surface area contributed by atoms with E-state index in [1.807, 2.05) is 30.3 Å². The predicted molar refractivity (Wildman–Crippen MR) is 122 cm³/mol. The van der Waals surface area contributed by atoms with Crippen molar-refractivity contribution in [1.82, 2.24) is 16.0 Å². The molecule has 0 saturated carbocycles. The van der Waals surface area contributed by atoms with Crippen molar-refractivity contribution in [3.05, 3.63) is 35.9 Å². The minimum Gasteiger partial charge on any atom is -0.370 e. The standard InChI is InChI=1S/C22H34N6O5/c1-2-19(30)26-17(12-14-8-4-3-5-9-14)22(33)27-15(10-6-7-11-23)21(32)28-16(20(25)31)13-18(24)29/h3-5,8-9,15-17H,2,6-7,10-13,23H2,1H3,(H2,24,29)(H2,25,31)(H,26,30)(H,27,33)(H,28,32)/t15-,16-,17-/m0/s1. The maximum atomic E-state index is 13.0. The van der Waals surface area contributed by atoms with Gasteiger partial charge in [0.15, 0.2) is 0 Å². The quantitative estimate of drug-likeness (QED) is 0.173. The summed E-state index contributed by atoms with van der Waals surface area (Å²) in [6.45, 7) is 2.07. The summed E-state index contributed by atoms with van der Waals surface area (Å²) in [4.78, 5) is 60.6. The Morgan fingerprint density at radius 2 is 1.45 bits per heavy atom. The number of unbranched alkanes of at least 4 members (excludes halogenated alkanes) is 1. The molecule has 0 bridgehead atoms. The number of hydrogen-bond acceptors (Lipinski definition) is 6. The van der Waals surface area contributed by atoms with Gasteiger partial charge in [-0.05, 0) is 31.4 Å². The van der Waals surface area contributed by atoms with Crippen LogP contribution in [0.5, 0.6) is 0 Å². The number of nitrogens with two attached hydrogens (primary N) is 3. The van der Waals surface area contributed by atoms with Crippen LogP contribution in [0.25, 0.3) is 0 Å². The molecule has 9 N–H and O–H groups in total. The Kier molecular flexibility index (Phi) is 12.2. The zero-order valence-corrected chi connectivity index (χ0v) is 18.8. The molecule has 33 heavy (non-hydrogen) atoms. The topological polar surface area (TPSA) is 200 Å². The monoisotopic (exact) mass is 462 g/mol. The van der Waals surface area contributed by atoms with Gasteiger partial charge in [-0.3, -0.25) is 24.0 Å². The van der Waals surface area contributed by atoms with Crippen molar-refractivity contribution in [3.8, 4) is 0 Å². The molecule has 0 aromatic heterocycles. The highest BCUT2D eigenvalue weighted by molar-refractivity contribution is 5.95. The summed E-state index contributed by atoms with van der Waals surface area (Å²) in [5.74, 6) is -3.30. The second kappa shape index (κ2) is 14.6. The smallest absolute Gasteiger partial charge is 0.243 e. The molecular weight excluding hydrogens is 428 g/mol. The molecule has 5 amide bonds. The van der Waals surface area contributed by atoms with Gasteiger partial charge in [0.2, 0.25) is 29.5 Å². The summed E-state index contributed by atoms with van der Waals surface area (Å²) in [5, 5.41) is 7.70. The maximum absolute atomic E-state index is 13.0. The number of amides is 5. The molecule has 1 aromatic rings. The molecule has 0 radical (unpaired) electrons. The van der Waals surface area contributed by atoms with Crippen LogP contribution in [-0.4, -0.2) is 54.2 Å². The molecule has 11 nitrogen and oxygen atoms in total. The van der Waals surface area contributed by atoms with Gasteiger partial charge in [-0.25, -0.2) is 0 Å². The van der Waals surface area contributed by atoms with Gasteiger partial charge in [-0.2, -0.15) is 0 Å². The minimum atomic E-state index is -1.30. The van der Waals surface area contributed by atoms with Gasteiger partial charge in [0.25, 0.3) is 0 Å². The van der Waals surface area contributed by atoms with E-state index in [9.17, 15) is 24.0 Å². The molecule has 0 fully saturated rings. The normalized spacial score (nSPS) is 13.3. The zero-order valence-electron chi connectivity index (χ0n) is 18.8. The van der Waals surface area contributed by atoms with E-state index in [2.05, 4.69) is 16.0 Å². The molecule has 0 aliphatic carbocycles. The molecule has 182 valence electrons. The van der Waals surface area contributed by atoms with Crippen LogP contribution in [0.1, 0.15) is 44.6 Å². The number of carbonyl (C=O) groups is 5. The largest absolute Gasteiger partial charge is 0.370 e. The third-order valence-corrected chi connectivity index (χ3v) is 4.90. The van der Waals surface area contributed by atoms with Crippen molar-refractivity contribution in [2.45, 2.75) is 63.6 Å². The highest BCUT2D eigenvalue weighted by Gasteiger charge is 2.29. The number of nitrogens with one attached hydrogen (secondary N) is 3. The molecule has 0 saturated heterocycles. The number of primary amides is 2. The summed E-state index contributed by atoms with van der Waals surface area (Å²) >= 11 is 0. The van der Waals surface area contributed by atoms with E-state index in [4.69, 9.17) is 17.2 Å². The second-order valence-corrected chi connectivity index (χ2v) is 7.64. The fourth-order valence-electron chi connectivity index (χ4n) is 3.09. The Bertz CT molecular complexity index is 817. The molecule has 3 atom stereocenters. The van der Waals surface area contributed by atoms with E-state index in [-0.39, 0.29) is 25.2 Å². The van der Waals surface area contributed by atoms with Crippen LogP contribution in [0, 0.1) is 0 Å². The lowest BCUT2D eigenvalue weighted by atomic mass is 10.0. The van der Waals surface area contributed by atoms with Gasteiger partial charge >= 0.3 is 0 Å². The lowest BCUT2D eigenvalue weighted by Gasteiger charge is -2.24. The van der Waals surface area contributed by atoms with Crippen LogP contribution in [0.4, 0.5) is 0 Å². The van der Waals surface area contributed by atoms with Crippen molar-refractivity contribution in [2.75, 3.05) is 6.54 Å². The first kappa shape index (κ1) is 27.6. The molecule has 0 aliphatic heterocycles. The van der Waals surface area contributed by atoms with E-state index in [1.165, 1.54) is 0 Å². The van der Waals surface area contributed by atoms with Crippen molar-refractivity contribution in [2.24, 2.45) is 17.2 Å². The molecule has 1 rings (SSSR count). The average molecular weight is 463 g/mol. The summed E-state index contributed by atoms with van der Waals surface area (Å²) in [7, 11) is 0. The lowest BCUT2D eigenvalue weighted by Crippen LogP contribution is -2.57. The van der Waals surface area contributed by atoms with Gasteiger partial charge < -0.3 is 33.2 Å². The molecule has 0 aliphatic rings. The first-order chi connectivity index (χ1) is 15.7. The van der Waals surface area contributed by atoms with Crippen LogP contribution in [-0.2, 0) is 30.4 Å². The lowest BCUT2D eigenvalue weighted by molar-refractivity contribution is -0.134. The van der Waals surface area contributed by atoms with Gasteiger partial charge in [-0.15, -0.1) is 0 Å². The molecule has 11 heteroatoms. The highest BCUT2D eigenvalue weighted by Crippen LogP contribution is 2.07. The Balaban J connectivity index is 3.01. The van der Waals surface area contributed by atoms with E-state index >= 15 is 0 Å². The van der Waals surface area contributed by atoms with Crippen molar-refractivity contribution >= 4 is 29.5 Å². The Morgan fingerprint density at radius 3 is 2.00 bits per heavy atom. The molecule has 0 unspecified atom stereocenters. The SMILES string of the molecule is CCC(=O)N[C@@H](Cc1ccccc1)C(=O)N[C@@H](CCCCN)C(=O)N[C@@H](CC(N)=O)C(N)=O. The van der Waals surface area contributed by atoms with E-state index in [0.29, 0.717) is 19.4 Å². The number of rotatable bonds is 15. The average Bonchev–Trinajstić information content (AvgIpc) is 2.77. The summed E-state index contributed by atoms with van der Waals surface area (Å²) in [6, 6.07) is 5.87. The van der Waals surface area contributed by atoms with E-state index < -0.39 is 48.2 Å². The Morgan fingerprint density at radius 1 is 0.848 bits per heavy atom. The molecule has 0 heterocycles. The fourth-order valence-corrected chi connectivity index (χ4v) is 3.09. The van der Waals surface area contributed by atoms with Crippen molar-refractivity contribution in [1.29, 1.82) is 0 Å². The highest BCUT2D eigenvalue weighted by atomic mass is 16.2. The van der Waals surface area contributed by atoms with Gasteiger partial charge in [0.05, 0.1) is 6.42 Å². The van der Waals surface area contributed by atoms with Crippen molar-refractivity contribution < 1.29 is 24.0 Å². The molecule has 1 aromatic carbocycles. The number of hydrogen-bond donors (Lipinski definition) is 6. The molecular formula is C22H34N6O5. The van der Waals surface area contributed by atoms with Crippen molar-refractivity contribution in [3.63, 3.8) is 0 Å². The van der Waals surface area contributed by atoms with Crippen LogP contribution >= 0.6 is 0 Å². The minimum absolute atomic E-state index is 0.187. The fraction of sp³-hybridized carbons (Fsp3) is 0.500. The van der Waals surface area contributed by atoms with Crippen LogP contribution in [0.2, 0.25) is 0 Å². The van der Waals surface area contributed by atoms with Crippen LogP contribution < -0.4 is 33.2 Å².